The second-order valence-electron chi connectivity index (χ2n) is 6.31. The van der Waals surface area contributed by atoms with Gasteiger partial charge in [-0.3, -0.25) is 9.59 Å². The molecule has 0 aliphatic carbocycles. The van der Waals surface area contributed by atoms with Crippen molar-refractivity contribution in [2.45, 2.75) is 26.4 Å². The van der Waals surface area contributed by atoms with E-state index in [1.165, 1.54) is 16.2 Å². The van der Waals surface area contributed by atoms with E-state index < -0.39 is 0 Å². The van der Waals surface area contributed by atoms with Crippen molar-refractivity contribution in [1.29, 1.82) is 0 Å². The summed E-state index contributed by atoms with van der Waals surface area (Å²) in [6.07, 6.45) is 1.76. The zero-order valence-corrected chi connectivity index (χ0v) is 15.9. The van der Waals surface area contributed by atoms with Crippen LogP contribution in [0.1, 0.15) is 40.1 Å². The molecule has 0 aliphatic heterocycles. The van der Waals surface area contributed by atoms with Crippen molar-refractivity contribution in [1.82, 2.24) is 14.5 Å². The molecule has 0 fully saturated rings. The molecule has 5 nitrogen and oxygen atoms in total. The lowest BCUT2D eigenvalue weighted by atomic mass is 10.1. The van der Waals surface area contributed by atoms with Gasteiger partial charge in [0.2, 0.25) is 0 Å². The Morgan fingerprint density at radius 2 is 2.00 bits per heavy atom. The molecule has 1 unspecified atom stereocenters. The van der Waals surface area contributed by atoms with Crippen molar-refractivity contribution >= 4 is 17.2 Å². The predicted molar refractivity (Wildman–Crippen MR) is 104 cm³/mol. The Balaban J connectivity index is 1.95. The van der Waals surface area contributed by atoms with Gasteiger partial charge in [0.05, 0.1) is 23.8 Å². The van der Waals surface area contributed by atoms with Crippen molar-refractivity contribution in [2.24, 2.45) is 0 Å². The van der Waals surface area contributed by atoms with Gasteiger partial charge in [-0.1, -0.05) is 30.3 Å². The zero-order chi connectivity index (χ0) is 18.7. The van der Waals surface area contributed by atoms with Crippen LogP contribution in [0.5, 0.6) is 0 Å². The van der Waals surface area contributed by atoms with E-state index in [2.05, 4.69) is 4.98 Å². The minimum Gasteiger partial charge on any atom is -0.336 e. The topological polar surface area (TPSA) is 55.2 Å². The minimum atomic E-state index is -0.282. The van der Waals surface area contributed by atoms with Gasteiger partial charge in [0, 0.05) is 18.6 Å². The summed E-state index contributed by atoms with van der Waals surface area (Å²) in [6.45, 7) is 4.13. The van der Waals surface area contributed by atoms with Gasteiger partial charge in [0.25, 0.3) is 11.5 Å². The van der Waals surface area contributed by atoms with Crippen LogP contribution in [0.4, 0.5) is 0 Å². The molecular weight excluding hydrogens is 346 g/mol. The molecule has 0 spiro atoms. The third-order valence-electron chi connectivity index (χ3n) is 4.47. The highest BCUT2D eigenvalue weighted by Gasteiger charge is 2.22. The highest BCUT2D eigenvalue weighted by atomic mass is 32.1. The Bertz CT molecular complexity index is 949. The van der Waals surface area contributed by atoms with Crippen molar-refractivity contribution in [2.75, 3.05) is 7.05 Å². The summed E-state index contributed by atoms with van der Waals surface area (Å²) in [6, 6.07) is 11.5. The Hall–Kier alpha value is -2.73. The van der Waals surface area contributed by atoms with E-state index in [4.69, 9.17) is 0 Å². The molecule has 3 rings (SSSR count). The van der Waals surface area contributed by atoms with Gasteiger partial charge < -0.3 is 9.47 Å². The third kappa shape index (κ3) is 3.60. The van der Waals surface area contributed by atoms with Crippen LogP contribution in [0.2, 0.25) is 0 Å². The Morgan fingerprint density at radius 1 is 1.27 bits per heavy atom. The summed E-state index contributed by atoms with van der Waals surface area (Å²) in [7, 11) is 1.69. The number of pyridine rings is 1. The normalized spacial score (nSPS) is 12.0. The summed E-state index contributed by atoms with van der Waals surface area (Å²) < 4.78 is 1.62. The molecule has 1 amide bonds. The fraction of sp³-hybridized carbons (Fsp3) is 0.250. The van der Waals surface area contributed by atoms with Gasteiger partial charge in [-0.15, -0.1) is 11.3 Å². The molecule has 26 heavy (non-hydrogen) atoms. The van der Waals surface area contributed by atoms with Gasteiger partial charge in [0.15, 0.2) is 0 Å². The fourth-order valence-electron chi connectivity index (χ4n) is 2.92. The standard InChI is InChI=1S/C20H21N3O2S/c1-14-9-10-23(15(2)16-7-5-4-6-8-16)20(25)18(14)19(24)22(3)11-17-12-26-13-21-17/h4-10,12-13,15H,11H2,1-3H3. The van der Waals surface area contributed by atoms with Crippen molar-refractivity contribution in [3.63, 3.8) is 0 Å². The lowest BCUT2D eigenvalue weighted by Crippen LogP contribution is -2.36. The van der Waals surface area contributed by atoms with Gasteiger partial charge in [0.1, 0.15) is 5.56 Å². The molecular formula is C20H21N3O2S. The number of aryl methyl sites for hydroxylation is 1. The highest BCUT2D eigenvalue weighted by Crippen LogP contribution is 2.17. The summed E-state index contributed by atoms with van der Waals surface area (Å²) in [5, 5.41) is 1.90. The van der Waals surface area contributed by atoms with E-state index in [1.807, 2.05) is 48.7 Å². The molecule has 6 heteroatoms. The van der Waals surface area contributed by atoms with E-state index in [0.29, 0.717) is 12.1 Å². The molecule has 1 atom stereocenters. The Morgan fingerprint density at radius 3 is 2.65 bits per heavy atom. The highest BCUT2D eigenvalue weighted by molar-refractivity contribution is 7.07. The number of thiazole rings is 1. The Kier molecular flexibility index (Phi) is 5.32. The number of amides is 1. The first-order valence-corrected chi connectivity index (χ1v) is 9.32. The summed E-state index contributed by atoms with van der Waals surface area (Å²) in [5.74, 6) is -0.282. The number of hydrogen-bond acceptors (Lipinski definition) is 4. The monoisotopic (exact) mass is 367 g/mol. The maximum Gasteiger partial charge on any atom is 0.264 e. The number of rotatable bonds is 5. The first-order chi connectivity index (χ1) is 12.5. The second-order valence-corrected chi connectivity index (χ2v) is 7.03. The first-order valence-electron chi connectivity index (χ1n) is 8.38. The van der Waals surface area contributed by atoms with Gasteiger partial charge >= 0.3 is 0 Å². The molecule has 3 aromatic rings. The maximum absolute atomic E-state index is 13.1. The second kappa shape index (κ2) is 7.66. The molecule has 2 aromatic heterocycles. The van der Waals surface area contributed by atoms with Crippen LogP contribution in [-0.2, 0) is 6.54 Å². The number of carbonyl (C=O) groups excluding carboxylic acids is 1. The molecule has 0 saturated heterocycles. The van der Waals surface area contributed by atoms with Gasteiger partial charge in [-0.25, -0.2) is 4.98 Å². The van der Waals surface area contributed by atoms with Crippen LogP contribution in [0.15, 0.2) is 58.3 Å². The summed E-state index contributed by atoms with van der Waals surface area (Å²) in [5.41, 5.74) is 4.20. The maximum atomic E-state index is 13.1. The summed E-state index contributed by atoms with van der Waals surface area (Å²) >= 11 is 1.48. The molecule has 0 N–H and O–H groups in total. The fourth-order valence-corrected chi connectivity index (χ4v) is 3.47. The minimum absolute atomic E-state index is 0.153. The SMILES string of the molecule is Cc1ccn(C(C)c2ccccc2)c(=O)c1C(=O)N(C)Cc1cscn1. The quantitative estimate of drug-likeness (QED) is 0.694. The molecule has 2 heterocycles. The molecule has 0 bridgehead atoms. The molecule has 0 radical (unpaired) electrons. The van der Waals surface area contributed by atoms with Crippen LogP contribution < -0.4 is 5.56 Å². The Labute approximate surface area is 156 Å². The number of aromatic nitrogens is 2. The predicted octanol–water partition coefficient (Wildman–Crippen LogP) is 3.49. The van der Waals surface area contributed by atoms with Crippen LogP contribution in [-0.4, -0.2) is 27.4 Å². The molecule has 134 valence electrons. The number of nitrogens with zero attached hydrogens (tertiary/aromatic N) is 3. The summed E-state index contributed by atoms with van der Waals surface area (Å²) in [4.78, 5) is 31.7. The van der Waals surface area contributed by atoms with E-state index in [0.717, 1.165) is 11.3 Å². The van der Waals surface area contributed by atoms with Crippen LogP contribution in [0, 0.1) is 6.92 Å². The van der Waals surface area contributed by atoms with Crippen molar-refractivity contribution in [3.05, 3.63) is 86.2 Å². The van der Waals surface area contributed by atoms with Crippen LogP contribution in [0.3, 0.4) is 0 Å². The molecule has 1 aromatic carbocycles. The largest absolute Gasteiger partial charge is 0.336 e. The number of hydrogen-bond donors (Lipinski definition) is 0. The molecule has 0 saturated carbocycles. The van der Waals surface area contributed by atoms with Gasteiger partial charge in [-0.05, 0) is 31.0 Å². The van der Waals surface area contributed by atoms with E-state index in [9.17, 15) is 9.59 Å². The van der Waals surface area contributed by atoms with Crippen LogP contribution in [0.25, 0.3) is 0 Å². The average Bonchev–Trinajstić information content (AvgIpc) is 3.15. The van der Waals surface area contributed by atoms with E-state index >= 15 is 0 Å². The van der Waals surface area contributed by atoms with Crippen molar-refractivity contribution < 1.29 is 4.79 Å². The number of benzene rings is 1. The van der Waals surface area contributed by atoms with Crippen molar-refractivity contribution in [3.8, 4) is 0 Å². The first kappa shape index (κ1) is 18.1. The lowest BCUT2D eigenvalue weighted by molar-refractivity contribution is 0.0780. The van der Waals surface area contributed by atoms with E-state index in [1.54, 1.807) is 30.2 Å². The third-order valence-corrected chi connectivity index (χ3v) is 5.11. The lowest BCUT2D eigenvalue weighted by Gasteiger charge is -2.20. The van der Waals surface area contributed by atoms with E-state index in [-0.39, 0.29) is 23.1 Å². The molecule has 0 aliphatic rings. The van der Waals surface area contributed by atoms with Crippen LogP contribution >= 0.6 is 11.3 Å². The smallest absolute Gasteiger partial charge is 0.264 e. The zero-order valence-electron chi connectivity index (χ0n) is 15.0. The van der Waals surface area contributed by atoms with Gasteiger partial charge in [-0.2, -0.15) is 0 Å². The average molecular weight is 367 g/mol. The number of carbonyl (C=O) groups is 1.